The first-order valence-electron chi connectivity index (χ1n) is 15.5. The Balaban J connectivity index is 1.90. The Morgan fingerprint density at radius 2 is 1.71 bits per heavy atom. The average Bonchev–Trinajstić information content (AvgIpc) is 2.90. The van der Waals surface area contributed by atoms with Crippen LogP contribution in [0.3, 0.4) is 0 Å². The second-order valence-corrected chi connectivity index (χ2v) is 12.9. The highest BCUT2D eigenvalue weighted by Crippen LogP contribution is 2.52. The zero-order valence-corrected chi connectivity index (χ0v) is 26.8. The number of carbonyl (C=O) groups excluding carboxylic acids is 2. The van der Waals surface area contributed by atoms with Gasteiger partial charge in [0.25, 0.3) is 0 Å². The van der Waals surface area contributed by atoms with Gasteiger partial charge in [-0.3, -0.25) is 9.59 Å². The molecule has 0 amide bonds. The molecule has 4 heteroatoms. The number of Topliss-reactive ketones (excluding diaryl/α,β-unsaturated/α-hetero) is 2. The van der Waals surface area contributed by atoms with Crippen molar-refractivity contribution < 1.29 is 19.1 Å². The largest absolute Gasteiger partial charge is 0.493 e. The van der Waals surface area contributed by atoms with Crippen molar-refractivity contribution in [2.24, 2.45) is 11.3 Å². The molecule has 0 heterocycles. The molecule has 0 saturated heterocycles. The summed E-state index contributed by atoms with van der Waals surface area (Å²) in [6, 6.07) is 14.6. The molecule has 1 saturated carbocycles. The monoisotopic (exact) mass is 560 g/mol. The van der Waals surface area contributed by atoms with Crippen molar-refractivity contribution >= 4 is 11.6 Å². The molecule has 224 valence electrons. The Morgan fingerprint density at radius 3 is 2.27 bits per heavy atom. The number of ketones is 2. The van der Waals surface area contributed by atoms with E-state index in [9.17, 15) is 9.59 Å². The van der Waals surface area contributed by atoms with Crippen molar-refractivity contribution in [3.05, 3.63) is 76.9 Å². The van der Waals surface area contributed by atoms with Gasteiger partial charge in [0.2, 0.25) is 0 Å². The summed E-state index contributed by atoms with van der Waals surface area (Å²) in [4.78, 5) is 26.6. The molecule has 4 nitrogen and oxygen atoms in total. The number of hydrogen-bond donors (Lipinski definition) is 0. The van der Waals surface area contributed by atoms with Crippen LogP contribution < -0.4 is 4.74 Å². The molecule has 1 aliphatic carbocycles. The molecule has 0 radical (unpaired) electrons. The van der Waals surface area contributed by atoms with E-state index in [-0.39, 0.29) is 34.6 Å². The molecule has 2 aromatic carbocycles. The van der Waals surface area contributed by atoms with Gasteiger partial charge in [-0.15, -0.1) is 0 Å². The number of hydrogen-bond acceptors (Lipinski definition) is 4. The fourth-order valence-electron chi connectivity index (χ4n) is 6.79. The lowest BCUT2D eigenvalue weighted by atomic mass is 9.59. The van der Waals surface area contributed by atoms with Gasteiger partial charge in [-0.25, -0.2) is 0 Å². The van der Waals surface area contributed by atoms with Crippen LogP contribution in [-0.2, 0) is 14.9 Å². The number of benzene rings is 2. The van der Waals surface area contributed by atoms with E-state index in [1.54, 1.807) is 6.92 Å². The van der Waals surface area contributed by atoms with Gasteiger partial charge in [0, 0.05) is 24.4 Å². The van der Waals surface area contributed by atoms with Crippen molar-refractivity contribution in [1.82, 2.24) is 0 Å². The minimum absolute atomic E-state index is 0.00696. The highest BCUT2D eigenvalue weighted by molar-refractivity contribution is 5.97. The van der Waals surface area contributed by atoms with Gasteiger partial charge in [0.05, 0.1) is 18.3 Å². The first-order valence-corrected chi connectivity index (χ1v) is 15.5. The Morgan fingerprint density at radius 1 is 1.05 bits per heavy atom. The van der Waals surface area contributed by atoms with Crippen LogP contribution in [0.15, 0.2) is 54.6 Å². The summed E-state index contributed by atoms with van der Waals surface area (Å²) in [5, 5.41) is 0. The van der Waals surface area contributed by atoms with Gasteiger partial charge in [-0.05, 0) is 94.4 Å². The quantitative estimate of drug-likeness (QED) is 0.152. The minimum atomic E-state index is -0.178. The summed E-state index contributed by atoms with van der Waals surface area (Å²) < 4.78 is 11.9. The Hall–Kier alpha value is -2.72. The lowest BCUT2D eigenvalue weighted by molar-refractivity contribution is -0.130. The van der Waals surface area contributed by atoms with Crippen LogP contribution in [0.25, 0.3) is 0 Å². The average molecular weight is 561 g/mol. The molecule has 41 heavy (non-hydrogen) atoms. The predicted molar refractivity (Wildman–Crippen MR) is 169 cm³/mol. The maximum atomic E-state index is 14.3. The van der Waals surface area contributed by atoms with E-state index in [0.717, 1.165) is 48.8 Å². The lowest BCUT2D eigenvalue weighted by Gasteiger charge is -2.48. The molecule has 1 unspecified atom stereocenters. The van der Waals surface area contributed by atoms with Crippen molar-refractivity contribution in [2.75, 3.05) is 13.2 Å². The van der Waals surface area contributed by atoms with E-state index in [0.29, 0.717) is 36.7 Å². The van der Waals surface area contributed by atoms with Gasteiger partial charge < -0.3 is 9.47 Å². The van der Waals surface area contributed by atoms with Crippen molar-refractivity contribution in [3.63, 3.8) is 0 Å². The van der Waals surface area contributed by atoms with Crippen molar-refractivity contribution in [2.45, 2.75) is 111 Å². The van der Waals surface area contributed by atoms with E-state index >= 15 is 0 Å². The topological polar surface area (TPSA) is 52.6 Å². The maximum absolute atomic E-state index is 14.3. The predicted octanol–water partition coefficient (Wildman–Crippen LogP) is 9.18. The second-order valence-electron chi connectivity index (χ2n) is 12.9. The SMILES string of the molecule is C=C(C)C1(CC(=O)C(CCCC(C)(C)c2ccccc2)[C@H](C)c2ccc(C(C)=O)c(OCC)c2C)CC(OCC)C1. The zero-order valence-electron chi connectivity index (χ0n) is 26.8. The number of ether oxygens (including phenoxy) is 2. The third kappa shape index (κ3) is 7.57. The highest BCUT2D eigenvalue weighted by atomic mass is 16.5. The summed E-state index contributed by atoms with van der Waals surface area (Å²) in [7, 11) is 0. The van der Waals surface area contributed by atoms with Gasteiger partial charge in [0.1, 0.15) is 11.5 Å². The van der Waals surface area contributed by atoms with Gasteiger partial charge >= 0.3 is 0 Å². The zero-order chi connectivity index (χ0) is 30.4. The molecule has 2 aromatic rings. The van der Waals surface area contributed by atoms with E-state index in [4.69, 9.17) is 9.47 Å². The number of rotatable bonds is 16. The van der Waals surface area contributed by atoms with Crippen LogP contribution in [0, 0.1) is 18.3 Å². The molecule has 2 atom stereocenters. The molecule has 3 rings (SSSR count). The highest BCUT2D eigenvalue weighted by Gasteiger charge is 2.47. The fraction of sp³-hybridized carbons (Fsp3) is 0.568. The maximum Gasteiger partial charge on any atom is 0.163 e. The van der Waals surface area contributed by atoms with E-state index in [1.807, 2.05) is 32.9 Å². The number of carbonyl (C=O) groups is 2. The molecular formula is C37H52O4. The van der Waals surface area contributed by atoms with Gasteiger partial charge in [0.15, 0.2) is 5.78 Å². The third-order valence-corrected chi connectivity index (χ3v) is 9.55. The smallest absolute Gasteiger partial charge is 0.163 e. The third-order valence-electron chi connectivity index (χ3n) is 9.55. The van der Waals surface area contributed by atoms with E-state index < -0.39 is 0 Å². The van der Waals surface area contributed by atoms with Crippen LogP contribution in [0.2, 0.25) is 0 Å². The Kier molecular flexibility index (Phi) is 11.2. The summed E-state index contributed by atoms with van der Waals surface area (Å²) >= 11 is 0. The van der Waals surface area contributed by atoms with Crippen LogP contribution in [0.5, 0.6) is 5.75 Å². The van der Waals surface area contributed by atoms with Crippen LogP contribution >= 0.6 is 0 Å². The molecule has 0 aliphatic heterocycles. The first kappa shape index (κ1) is 32.8. The van der Waals surface area contributed by atoms with Crippen LogP contribution in [0.1, 0.15) is 120 Å². The Labute approximate surface area is 248 Å². The Bertz CT molecular complexity index is 1200. The molecule has 1 fully saturated rings. The molecule has 0 N–H and O–H groups in total. The van der Waals surface area contributed by atoms with Crippen molar-refractivity contribution in [3.8, 4) is 5.75 Å². The number of allylic oxidation sites excluding steroid dienone is 1. The molecular weight excluding hydrogens is 508 g/mol. The summed E-state index contributed by atoms with van der Waals surface area (Å²) in [5.41, 5.74) is 4.91. The second kappa shape index (κ2) is 14.0. The first-order chi connectivity index (χ1) is 19.4. The molecule has 0 spiro atoms. The lowest BCUT2D eigenvalue weighted by Crippen LogP contribution is -2.45. The summed E-state index contributed by atoms with van der Waals surface area (Å²) in [6.07, 6.45) is 5.21. The van der Waals surface area contributed by atoms with E-state index in [1.165, 1.54) is 5.56 Å². The van der Waals surface area contributed by atoms with Gasteiger partial charge in [-0.2, -0.15) is 0 Å². The van der Waals surface area contributed by atoms with Crippen LogP contribution in [-0.4, -0.2) is 30.9 Å². The minimum Gasteiger partial charge on any atom is -0.493 e. The standard InChI is InChI=1S/C37H52O4/c1-10-40-30-22-37(23-30,25(3)4)24-34(39)32(18-15-21-36(8,9)29-16-13-12-14-17-29)26(5)31-19-20-33(28(7)38)35(27(31)6)41-11-2/h12-14,16-17,19-20,26,30,32H,3,10-11,15,18,21-24H2,1-2,4-9H3/t26-,30?,32?,37?/m1/s1. The van der Waals surface area contributed by atoms with E-state index in [2.05, 4.69) is 64.6 Å². The molecule has 0 aromatic heterocycles. The summed E-state index contributed by atoms with van der Waals surface area (Å²) in [6.45, 7) is 21.9. The van der Waals surface area contributed by atoms with Crippen LogP contribution in [0.4, 0.5) is 0 Å². The van der Waals surface area contributed by atoms with Gasteiger partial charge in [-0.1, -0.05) is 75.7 Å². The fourth-order valence-corrected chi connectivity index (χ4v) is 6.79. The molecule has 0 bridgehead atoms. The normalized spacial score (nSPS) is 20.1. The van der Waals surface area contributed by atoms with Crippen molar-refractivity contribution in [1.29, 1.82) is 0 Å². The summed E-state index contributed by atoms with van der Waals surface area (Å²) in [5.74, 6) is 0.801. The molecule has 1 aliphatic rings.